The van der Waals surface area contributed by atoms with Crippen molar-refractivity contribution in [3.63, 3.8) is 0 Å². The highest BCUT2D eigenvalue weighted by molar-refractivity contribution is 5.84. The molecule has 2 aliphatic rings. The number of aromatic nitrogens is 5. The van der Waals surface area contributed by atoms with Crippen LogP contribution in [0.1, 0.15) is 39.4 Å². The van der Waals surface area contributed by atoms with Gasteiger partial charge >= 0.3 is 6.09 Å². The van der Waals surface area contributed by atoms with Crippen molar-refractivity contribution in [3.8, 4) is 11.7 Å². The summed E-state index contributed by atoms with van der Waals surface area (Å²) in [6.45, 7) is 9.23. The number of aliphatic hydroxyl groups is 1. The molecule has 2 fully saturated rings. The summed E-state index contributed by atoms with van der Waals surface area (Å²) in [5.74, 6) is 0.444. The third-order valence-electron chi connectivity index (χ3n) is 6.74. The molecule has 0 spiro atoms. The molecule has 3 aromatic rings. The molecule has 2 saturated heterocycles. The van der Waals surface area contributed by atoms with Gasteiger partial charge in [0.25, 0.3) is 6.43 Å². The SMILES string of the molecule is CC(C)(C)OC(=O)N1CCN(c2nc(N3CCOCC3)nc(-n3c(C(F)F)nc4c(OCCCO)cccc43)n2)CC1. The van der Waals surface area contributed by atoms with Gasteiger partial charge in [-0.05, 0) is 32.9 Å². The van der Waals surface area contributed by atoms with Gasteiger partial charge in [-0.25, -0.2) is 18.6 Å². The van der Waals surface area contributed by atoms with E-state index in [2.05, 4.69) is 15.0 Å². The van der Waals surface area contributed by atoms with E-state index in [1.54, 1.807) is 23.1 Å². The zero-order valence-electron chi connectivity index (χ0n) is 24.0. The number of anilines is 2. The molecular formula is C27H36F2N8O5. The molecule has 15 heteroatoms. The summed E-state index contributed by atoms with van der Waals surface area (Å²) in [5.41, 5.74) is -0.0115. The predicted octanol–water partition coefficient (Wildman–Crippen LogP) is 2.80. The van der Waals surface area contributed by atoms with E-state index < -0.39 is 23.9 Å². The summed E-state index contributed by atoms with van der Waals surface area (Å²) in [5, 5.41) is 9.12. The van der Waals surface area contributed by atoms with E-state index in [9.17, 15) is 13.6 Å². The normalized spacial score (nSPS) is 16.4. The number of carbonyl (C=O) groups excluding carboxylic acids is 1. The summed E-state index contributed by atoms with van der Waals surface area (Å²) >= 11 is 0. The first-order chi connectivity index (χ1) is 20.1. The van der Waals surface area contributed by atoms with E-state index in [1.165, 1.54) is 4.57 Å². The lowest BCUT2D eigenvalue weighted by atomic mass is 10.2. The van der Waals surface area contributed by atoms with E-state index >= 15 is 0 Å². The third kappa shape index (κ3) is 6.62. The first-order valence-corrected chi connectivity index (χ1v) is 14.0. The van der Waals surface area contributed by atoms with Crippen LogP contribution in [0.4, 0.5) is 25.5 Å². The zero-order chi connectivity index (χ0) is 29.9. The molecule has 0 aliphatic carbocycles. The highest BCUT2D eigenvalue weighted by Crippen LogP contribution is 2.33. The Bertz CT molecular complexity index is 1380. The largest absolute Gasteiger partial charge is 0.491 e. The number of halogens is 2. The number of para-hydroxylation sites is 1. The van der Waals surface area contributed by atoms with Crippen molar-refractivity contribution in [3.05, 3.63) is 24.0 Å². The quantitative estimate of drug-likeness (QED) is 0.389. The number of rotatable bonds is 8. The number of ether oxygens (including phenoxy) is 3. The highest BCUT2D eigenvalue weighted by Gasteiger charge is 2.30. The van der Waals surface area contributed by atoms with Crippen LogP contribution < -0.4 is 14.5 Å². The minimum Gasteiger partial charge on any atom is -0.491 e. The van der Waals surface area contributed by atoms with Crippen molar-refractivity contribution < 1.29 is 32.9 Å². The Kier molecular flexibility index (Phi) is 8.87. The van der Waals surface area contributed by atoms with Gasteiger partial charge in [-0.1, -0.05) is 6.07 Å². The Morgan fingerprint density at radius 2 is 1.62 bits per heavy atom. The molecule has 1 aromatic carbocycles. The molecule has 0 bridgehead atoms. The van der Waals surface area contributed by atoms with Crippen LogP contribution >= 0.6 is 0 Å². The number of piperazine rings is 1. The second-order valence-corrected chi connectivity index (χ2v) is 10.9. The van der Waals surface area contributed by atoms with E-state index in [1.807, 2.05) is 30.6 Å². The standard InChI is InChI=1S/C27H36F2N8O5/c1-27(2,3)42-26(39)36-10-8-34(9-11-36)23-31-24(35-12-16-40-17-13-35)33-25(32-23)37-18-6-4-7-19(41-15-5-14-38)20(18)30-22(37)21(28)29/h4,6-7,21,38H,5,8-17H2,1-3H3. The average molecular weight is 591 g/mol. The molecule has 4 heterocycles. The second-order valence-electron chi connectivity index (χ2n) is 10.9. The number of fused-ring (bicyclic) bond motifs is 1. The lowest BCUT2D eigenvalue weighted by Crippen LogP contribution is -2.50. The summed E-state index contributed by atoms with van der Waals surface area (Å²) < 4.78 is 46.8. The molecule has 2 aliphatic heterocycles. The molecule has 0 radical (unpaired) electrons. The van der Waals surface area contributed by atoms with Crippen LogP contribution in [0.3, 0.4) is 0 Å². The fourth-order valence-electron chi connectivity index (χ4n) is 4.72. The fourth-order valence-corrected chi connectivity index (χ4v) is 4.72. The number of imidazole rings is 1. The molecule has 5 rings (SSSR count). The summed E-state index contributed by atoms with van der Waals surface area (Å²) in [6.07, 6.45) is -2.93. The molecular weight excluding hydrogens is 554 g/mol. The maximum atomic E-state index is 14.4. The van der Waals surface area contributed by atoms with Crippen LogP contribution in [0.15, 0.2) is 18.2 Å². The van der Waals surface area contributed by atoms with Crippen LogP contribution in [-0.4, -0.2) is 112 Å². The number of nitrogens with zero attached hydrogens (tertiary/aromatic N) is 8. The average Bonchev–Trinajstić information content (AvgIpc) is 3.38. The smallest absolute Gasteiger partial charge is 0.410 e. The van der Waals surface area contributed by atoms with Gasteiger partial charge in [-0.15, -0.1) is 0 Å². The molecule has 1 N–H and O–H groups in total. The number of benzene rings is 1. The zero-order valence-corrected chi connectivity index (χ0v) is 24.0. The first kappa shape index (κ1) is 29.6. The number of alkyl halides is 2. The second kappa shape index (κ2) is 12.6. The number of hydrogen-bond acceptors (Lipinski definition) is 11. The Morgan fingerprint density at radius 3 is 2.24 bits per heavy atom. The van der Waals surface area contributed by atoms with Gasteiger partial charge in [0, 0.05) is 52.3 Å². The van der Waals surface area contributed by atoms with Gasteiger partial charge in [-0.3, -0.25) is 4.57 Å². The number of hydrogen-bond donors (Lipinski definition) is 1. The number of amides is 1. The van der Waals surface area contributed by atoms with Crippen molar-refractivity contribution in [1.82, 2.24) is 29.4 Å². The van der Waals surface area contributed by atoms with Crippen LogP contribution in [0, 0.1) is 0 Å². The monoisotopic (exact) mass is 590 g/mol. The molecule has 0 saturated carbocycles. The Hall–Kier alpha value is -3.85. The van der Waals surface area contributed by atoms with Crippen LogP contribution in [-0.2, 0) is 9.47 Å². The summed E-state index contributed by atoms with van der Waals surface area (Å²) in [6, 6.07) is 4.99. The van der Waals surface area contributed by atoms with Crippen molar-refractivity contribution in [1.29, 1.82) is 0 Å². The maximum Gasteiger partial charge on any atom is 0.410 e. The highest BCUT2D eigenvalue weighted by atomic mass is 19.3. The van der Waals surface area contributed by atoms with Gasteiger partial charge in [0.05, 0.1) is 25.3 Å². The topological polar surface area (TPSA) is 131 Å². The van der Waals surface area contributed by atoms with Crippen LogP contribution in [0.5, 0.6) is 5.75 Å². The third-order valence-corrected chi connectivity index (χ3v) is 6.74. The summed E-state index contributed by atoms with van der Waals surface area (Å²) in [4.78, 5) is 36.3. The van der Waals surface area contributed by atoms with E-state index in [0.29, 0.717) is 82.1 Å². The Labute approximate surface area is 242 Å². The van der Waals surface area contributed by atoms with Crippen molar-refractivity contribution >= 4 is 29.0 Å². The molecule has 13 nitrogen and oxygen atoms in total. The van der Waals surface area contributed by atoms with Crippen LogP contribution in [0.25, 0.3) is 17.0 Å². The fraction of sp³-hybridized carbons (Fsp3) is 0.593. The molecule has 0 atom stereocenters. The minimum absolute atomic E-state index is 0.00127. The van der Waals surface area contributed by atoms with Gasteiger partial charge in [0.1, 0.15) is 16.9 Å². The number of morpholine rings is 1. The first-order valence-electron chi connectivity index (χ1n) is 14.0. The van der Waals surface area contributed by atoms with Crippen molar-refractivity contribution in [2.24, 2.45) is 0 Å². The molecule has 228 valence electrons. The van der Waals surface area contributed by atoms with E-state index in [0.717, 1.165) is 0 Å². The van der Waals surface area contributed by atoms with Gasteiger partial charge in [-0.2, -0.15) is 15.0 Å². The Morgan fingerprint density at radius 1 is 0.976 bits per heavy atom. The summed E-state index contributed by atoms with van der Waals surface area (Å²) in [7, 11) is 0. The van der Waals surface area contributed by atoms with Gasteiger partial charge in [0.2, 0.25) is 17.8 Å². The molecule has 0 unspecified atom stereocenters. The van der Waals surface area contributed by atoms with E-state index in [-0.39, 0.29) is 24.7 Å². The maximum absolute atomic E-state index is 14.4. The number of aliphatic hydroxyl groups excluding tert-OH is 1. The van der Waals surface area contributed by atoms with Gasteiger partial charge in [0.15, 0.2) is 5.82 Å². The molecule has 2 aromatic heterocycles. The van der Waals surface area contributed by atoms with Crippen molar-refractivity contribution in [2.45, 2.75) is 39.2 Å². The molecule has 1 amide bonds. The lowest BCUT2D eigenvalue weighted by molar-refractivity contribution is 0.0240. The minimum atomic E-state index is -2.92. The number of carbonyl (C=O) groups is 1. The van der Waals surface area contributed by atoms with Gasteiger partial charge < -0.3 is 34.0 Å². The van der Waals surface area contributed by atoms with Crippen molar-refractivity contribution in [2.75, 3.05) is 75.5 Å². The Balaban J connectivity index is 1.52. The van der Waals surface area contributed by atoms with E-state index in [4.69, 9.17) is 24.3 Å². The lowest BCUT2D eigenvalue weighted by Gasteiger charge is -2.36. The predicted molar refractivity (Wildman–Crippen MR) is 150 cm³/mol. The molecule has 42 heavy (non-hydrogen) atoms. The van der Waals surface area contributed by atoms with Crippen LogP contribution in [0.2, 0.25) is 0 Å².